The highest BCUT2D eigenvalue weighted by Gasteiger charge is 2.42. The smallest absolute Gasteiger partial charge is 0.308 e. The van der Waals surface area contributed by atoms with Gasteiger partial charge in [-0.3, -0.25) is 4.79 Å². The van der Waals surface area contributed by atoms with Gasteiger partial charge in [0.05, 0.1) is 39.2 Å². The van der Waals surface area contributed by atoms with E-state index in [0.717, 1.165) is 16.7 Å². The predicted octanol–water partition coefficient (Wildman–Crippen LogP) is 7.48. The third-order valence-electron chi connectivity index (χ3n) is 7.71. The number of nitrogens with one attached hydrogen (secondary N) is 2. The van der Waals surface area contributed by atoms with E-state index < -0.39 is 43.3 Å². The summed E-state index contributed by atoms with van der Waals surface area (Å²) in [5.74, 6) is -0.490. The zero-order valence-electron chi connectivity index (χ0n) is 27.6. The van der Waals surface area contributed by atoms with Gasteiger partial charge in [-0.05, 0) is 75.4 Å². The summed E-state index contributed by atoms with van der Waals surface area (Å²) in [5, 5.41) is 0. The lowest BCUT2D eigenvalue weighted by Crippen LogP contribution is -2.51. The molecule has 0 saturated heterocycles. The van der Waals surface area contributed by atoms with E-state index in [2.05, 4.69) is 9.44 Å². The van der Waals surface area contributed by atoms with Crippen molar-refractivity contribution < 1.29 is 22.2 Å². The van der Waals surface area contributed by atoms with Gasteiger partial charge in [-0.25, -0.2) is 22.1 Å². The van der Waals surface area contributed by atoms with Crippen LogP contribution in [-0.4, -0.2) is 29.9 Å². The monoisotopic (exact) mass is 672 g/mol. The molecule has 0 aliphatic rings. The largest absolute Gasteiger partial charge is 0.466 e. The normalized spacial score (nSPS) is 14.7. The average molecular weight is 673 g/mol. The van der Waals surface area contributed by atoms with Crippen molar-refractivity contribution in [2.24, 2.45) is 0 Å². The lowest BCUT2D eigenvalue weighted by Gasteiger charge is -2.39. The molecule has 2 N–H and O–H groups in total. The maximum atomic E-state index is 13.9. The van der Waals surface area contributed by atoms with Crippen molar-refractivity contribution in [2.45, 2.75) is 68.7 Å². The third-order valence-corrected chi connectivity index (χ3v) is 10.9. The molecule has 248 valence electrons. The number of rotatable bonds is 14. The fourth-order valence-electron chi connectivity index (χ4n) is 5.12. The van der Waals surface area contributed by atoms with E-state index in [1.165, 1.54) is 0 Å². The summed E-state index contributed by atoms with van der Waals surface area (Å²) in [4.78, 5) is 13.4. The number of hydrogen-bond donors (Lipinski definition) is 2. The molecule has 3 atom stereocenters. The van der Waals surface area contributed by atoms with Crippen molar-refractivity contribution in [3.63, 3.8) is 0 Å². The first-order valence-electron chi connectivity index (χ1n) is 15.6. The van der Waals surface area contributed by atoms with Crippen LogP contribution in [0.15, 0.2) is 114 Å². The van der Waals surface area contributed by atoms with Gasteiger partial charge in [0.15, 0.2) is 0 Å². The number of aryl methyl sites for hydroxylation is 1. The minimum atomic E-state index is -4.01. The summed E-state index contributed by atoms with van der Waals surface area (Å²) >= 11 is 0. The second-order valence-electron chi connectivity index (χ2n) is 12.5. The van der Waals surface area contributed by atoms with Gasteiger partial charge in [-0.2, -0.15) is 0 Å². The summed E-state index contributed by atoms with van der Waals surface area (Å²) in [6.07, 6.45) is 3.89. The molecule has 4 aromatic carbocycles. The van der Waals surface area contributed by atoms with Gasteiger partial charge in [0.2, 0.25) is 10.0 Å². The van der Waals surface area contributed by atoms with Crippen molar-refractivity contribution in [3.8, 4) is 0 Å². The van der Waals surface area contributed by atoms with Crippen LogP contribution < -0.4 is 9.44 Å². The lowest BCUT2D eigenvalue weighted by atomic mass is 9.80. The van der Waals surface area contributed by atoms with Crippen LogP contribution in [0.4, 0.5) is 0 Å². The molecule has 9 heteroatoms. The molecule has 0 aromatic heterocycles. The Morgan fingerprint density at radius 3 is 1.94 bits per heavy atom. The Hall–Kier alpha value is -3.89. The number of esters is 1. The minimum Gasteiger partial charge on any atom is -0.466 e. The van der Waals surface area contributed by atoms with Gasteiger partial charge in [-0.15, -0.1) is 0 Å². The molecule has 0 spiro atoms. The second kappa shape index (κ2) is 15.8. The summed E-state index contributed by atoms with van der Waals surface area (Å²) in [5.41, 5.74) is 3.04. The molecule has 4 aromatic rings. The van der Waals surface area contributed by atoms with Gasteiger partial charge < -0.3 is 4.74 Å². The van der Waals surface area contributed by atoms with Crippen molar-refractivity contribution >= 4 is 39.1 Å². The zero-order valence-corrected chi connectivity index (χ0v) is 29.2. The van der Waals surface area contributed by atoms with Crippen LogP contribution in [-0.2, 0) is 36.1 Å². The van der Waals surface area contributed by atoms with E-state index in [0.29, 0.717) is 11.1 Å². The van der Waals surface area contributed by atoms with E-state index >= 15 is 0 Å². The third kappa shape index (κ3) is 10.0. The van der Waals surface area contributed by atoms with Crippen LogP contribution in [0.25, 0.3) is 12.2 Å². The van der Waals surface area contributed by atoms with Crippen LogP contribution in [0.2, 0.25) is 0 Å². The first-order valence-corrected chi connectivity index (χ1v) is 18.3. The Labute approximate surface area is 282 Å². The number of hydrogen-bond acceptors (Lipinski definition) is 5. The summed E-state index contributed by atoms with van der Waals surface area (Å²) in [6, 6.07) is 32.6. The Balaban J connectivity index is 1.83. The fourth-order valence-corrected chi connectivity index (χ4v) is 7.28. The van der Waals surface area contributed by atoms with E-state index in [1.54, 1.807) is 31.2 Å². The SMILES string of the molecule is CCOC(=O)CC(C[C@H](NS(=O)(=O)c1ccc(C)cc1)c1ccc(/C=C/c2ccccc2)cc1)(N[S@@](=O)C(C)(C)C)c1ccccc1. The van der Waals surface area contributed by atoms with Crippen LogP contribution in [0, 0.1) is 6.92 Å². The molecule has 0 fully saturated rings. The molecule has 1 unspecified atom stereocenters. The van der Waals surface area contributed by atoms with Gasteiger partial charge in [0, 0.05) is 6.04 Å². The molecule has 0 aliphatic carbocycles. The highest BCUT2D eigenvalue weighted by molar-refractivity contribution is 7.89. The molecule has 0 bridgehead atoms. The molecule has 7 nitrogen and oxygen atoms in total. The number of ether oxygens (including phenoxy) is 1. The molecular weight excluding hydrogens is 629 g/mol. The van der Waals surface area contributed by atoms with Crippen molar-refractivity contribution in [1.29, 1.82) is 0 Å². The minimum absolute atomic E-state index is 0.0575. The maximum Gasteiger partial charge on any atom is 0.308 e. The van der Waals surface area contributed by atoms with E-state index in [1.807, 2.05) is 125 Å². The highest BCUT2D eigenvalue weighted by Crippen LogP contribution is 2.38. The molecule has 47 heavy (non-hydrogen) atoms. The predicted molar refractivity (Wildman–Crippen MR) is 191 cm³/mol. The Bertz CT molecular complexity index is 1770. The van der Waals surface area contributed by atoms with Crippen LogP contribution >= 0.6 is 0 Å². The van der Waals surface area contributed by atoms with E-state index in [9.17, 15) is 17.4 Å². The van der Waals surface area contributed by atoms with Gasteiger partial charge in [0.1, 0.15) is 0 Å². The van der Waals surface area contributed by atoms with E-state index in [4.69, 9.17) is 4.74 Å². The molecular formula is C38H44N2O5S2. The van der Waals surface area contributed by atoms with Gasteiger partial charge >= 0.3 is 5.97 Å². The molecule has 0 amide bonds. The maximum absolute atomic E-state index is 13.9. The molecule has 0 saturated carbocycles. The molecule has 0 heterocycles. The van der Waals surface area contributed by atoms with E-state index in [-0.39, 0.29) is 24.3 Å². The fraction of sp³-hybridized carbons (Fsp3) is 0.289. The van der Waals surface area contributed by atoms with Crippen LogP contribution in [0.5, 0.6) is 0 Å². The summed E-state index contributed by atoms with van der Waals surface area (Å²) in [6.45, 7) is 9.33. The molecule has 0 radical (unpaired) electrons. The summed E-state index contributed by atoms with van der Waals surface area (Å²) in [7, 11) is -5.65. The van der Waals surface area contributed by atoms with Gasteiger partial charge in [-0.1, -0.05) is 115 Å². The first kappa shape index (κ1) is 36.0. The zero-order chi connectivity index (χ0) is 34.1. The Morgan fingerprint density at radius 2 is 1.38 bits per heavy atom. The van der Waals surface area contributed by atoms with Gasteiger partial charge in [0.25, 0.3) is 0 Å². The number of carbonyl (C=O) groups is 1. The number of carbonyl (C=O) groups excluding carboxylic acids is 1. The summed E-state index contributed by atoms with van der Waals surface area (Å²) < 4.78 is 52.5. The topological polar surface area (TPSA) is 102 Å². The highest BCUT2D eigenvalue weighted by atomic mass is 32.2. The van der Waals surface area contributed by atoms with Crippen molar-refractivity contribution in [1.82, 2.24) is 9.44 Å². The number of benzene rings is 4. The van der Waals surface area contributed by atoms with Crippen LogP contribution in [0.3, 0.4) is 0 Å². The Kier molecular flexibility index (Phi) is 12.1. The average Bonchev–Trinajstić information content (AvgIpc) is 3.04. The van der Waals surface area contributed by atoms with Crippen molar-refractivity contribution in [2.75, 3.05) is 6.61 Å². The lowest BCUT2D eigenvalue weighted by molar-refractivity contribution is -0.145. The van der Waals surface area contributed by atoms with Crippen LogP contribution in [0.1, 0.15) is 74.4 Å². The standard InChI is InChI=1S/C38H44N2O5S2/c1-6-45-36(41)28-38(33-15-11-8-12-16-33,40-46(42)37(3,4)5)27-35(39-47(43,44)34-25-17-29(2)18-26-34)32-23-21-31(22-24-32)20-19-30-13-9-7-10-14-30/h7-26,35,39-40H,6,27-28H2,1-5H3/b20-19+/t35-,38?,46-/m0/s1. The quantitative estimate of drug-likeness (QED) is 0.107. The van der Waals surface area contributed by atoms with Crippen molar-refractivity contribution in [3.05, 3.63) is 137 Å². The Morgan fingerprint density at radius 1 is 0.830 bits per heavy atom. The first-order chi connectivity index (χ1) is 22.3. The number of sulfonamides is 1. The second-order valence-corrected chi connectivity index (χ2v) is 16.2. The molecule has 0 aliphatic heterocycles. The molecule has 4 rings (SSSR count).